The van der Waals surface area contributed by atoms with Crippen LogP contribution < -0.4 is 9.64 Å². The monoisotopic (exact) mass is 455 g/mol. The van der Waals surface area contributed by atoms with Gasteiger partial charge in [-0.05, 0) is 55.8 Å². The number of benzene rings is 2. The lowest BCUT2D eigenvalue weighted by Crippen LogP contribution is -2.33. The Morgan fingerprint density at radius 3 is 2.74 bits per heavy atom. The third kappa shape index (κ3) is 5.78. The molecule has 0 aliphatic carbocycles. The highest BCUT2D eigenvalue weighted by Gasteiger charge is 2.18. The largest absolute Gasteiger partial charge is 0.494 e. The molecule has 31 heavy (non-hydrogen) atoms. The average molecular weight is 456 g/mol. The lowest BCUT2D eigenvalue weighted by molar-refractivity contribution is -0.116. The number of hydrogen-bond acceptors (Lipinski definition) is 6. The number of aryl methyl sites for hydroxylation is 1. The van der Waals surface area contributed by atoms with Crippen LogP contribution in [-0.2, 0) is 4.79 Å². The van der Waals surface area contributed by atoms with Crippen LogP contribution in [0.2, 0.25) is 5.02 Å². The molecule has 1 aromatic heterocycles. The van der Waals surface area contributed by atoms with Crippen LogP contribution in [0.1, 0.15) is 18.9 Å². The molecule has 0 spiro atoms. The van der Waals surface area contributed by atoms with Crippen molar-refractivity contribution in [3.63, 3.8) is 0 Å². The number of carbonyl (C=O) groups excluding carboxylic acids is 1. The predicted molar refractivity (Wildman–Crippen MR) is 122 cm³/mol. The molecule has 0 radical (unpaired) electrons. The minimum atomic E-state index is -0.124. The average Bonchev–Trinajstić information content (AvgIpc) is 3.24. The Bertz CT molecular complexity index is 1080. The first kappa shape index (κ1) is 22.7. The molecule has 0 bridgehead atoms. The molecule has 1 amide bonds. The lowest BCUT2D eigenvalue weighted by atomic mass is 10.2. The van der Waals surface area contributed by atoms with Crippen molar-refractivity contribution in [1.82, 2.24) is 14.8 Å². The number of halogens is 1. The Morgan fingerprint density at radius 2 is 2.06 bits per heavy atom. The maximum atomic E-state index is 13.0. The molecule has 1 heterocycles. The highest BCUT2D eigenvalue weighted by Crippen LogP contribution is 2.25. The molecule has 0 unspecified atom stereocenters. The van der Waals surface area contributed by atoms with Crippen molar-refractivity contribution in [1.29, 1.82) is 5.26 Å². The normalized spacial score (nSPS) is 10.5. The number of hydrogen-bond donors (Lipinski definition) is 0. The summed E-state index contributed by atoms with van der Waals surface area (Å²) in [6, 6.07) is 15.1. The quantitative estimate of drug-likeness (QED) is 0.436. The van der Waals surface area contributed by atoms with Crippen LogP contribution in [0.5, 0.6) is 5.75 Å². The second kappa shape index (κ2) is 10.8. The number of carbonyl (C=O) groups is 1. The van der Waals surface area contributed by atoms with Crippen LogP contribution in [0.25, 0.3) is 5.69 Å². The standard InChI is InChI=1S/C22H22ClN5O2S/c1-3-30-19-9-7-17(8-10-19)27(12-4-11-24)21(29)14-31-22-26-25-15-28(22)18-6-5-16(2)20(23)13-18/h5-10,13,15H,3-4,12,14H2,1-2H3. The summed E-state index contributed by atoms with van der Waals surface area (Å²) in [5.41, 5.74) is 2.52. The molecular formula is C22H22ClN5O2S. The maximum absolute atomic E-state index is 13.0. The first-order valence-corrected chi connectivity index (χ1v) is 11.1. The van der Waals surface area contributed by atoms with Crippen molar-refractivity contribution < 1.29 is 9.53 Å². The highest BCUT2D eigenvalue weighted by atomic mass is 35.5. The number of nitriles is 1. The summed E-state index contributed by atoms with van der Waals surface area (Å²) < 4.78 is 7.25. The van der Waals surface area contributed by atoms with Crippen molar-refractivity contribution in [3.8, 4) is 17.5 Å². The third-order valence-electron chi connectivity index (χ3n) is 4.48. The van der Waals surface area contributed by atoms with Crippen LogP contribution in [0.3, 0.4) is 0 Å². The molecule has 0 saturated heterocycles. The lowest BCUT2D eigenvalue weighted by Gasteiger charge is -2.22. The van der Waals surface area contributed by atoms with Gasteiger partial charge in [-0.15, -0.1) is 10.2 Å². The van der Waals surface area contributed by atoms with E-state index in [1.54, 1.807) is 15.8 Å². The molecule has 3 rings (SSSR count). The minimum Gasteiger partial charge on any atom is -0.494 e. The molecule has 0 N–H and O–H groups in total. The maximum Gasteiger partial charge on any atom is 0.237 e. The van der Waals surface area contributed by atoms with Crippen molar-refractivity contribution in [3.05, 3.63) is 59.4 Å². The van der Waals surface area contributed by atoms with Crippen LogP contribution in [0, 0.1) is 18.3 Å². The molecule has 0 aliphatic rings. The van der Waals surface area contributed by atoms with Gasteiger partial charge in [0.05, 0.1) is 30.5 Å². The second-order valence-corrected chi connectivity index (χ2v) is 7.94. The Morgan fingerprint density at radius 1 is 1.29 bits per heavy atom. The van der Waals surface area contributed by atoms with Crippen molar-refractivity contribution in [2.24, 2.45) is 0 Å². The molecule has 0 saturated carbocycles. The summed E-state index contributed by atoms with van der Waals surface area (Å²) in [6.45, 7) is 4.73. The molecule has 160 valence electrons. The van der Waals surface area contributed by atoms with Gasteiger partial charge in [-0.25, -0.2) is 0 Å². The number of anilines is 1. The van der Waals surface area contributed by atoms with Gasteiger partial charge in [0.1, 0.15) is 12.1 Å². The van der Waals surface area contributed by atoms with Crippen LogP contribution >= 0.6 is 23.4 Å². The number of ether oxygens (including phenoxy) is 1. The van der Waals surface area contributed by atoms with Crippen LogP contribution in [0.4, 0.5) is 5.69 Å². The van der Waals surface area contributed by atoms with Gasteiger partial charge in [0, 0.05) is 17.3 Å². The molecular weight excluding hydrogens is 434 g/mol. The Balaban J connectivity index is 1.73. The Labute approximate surface area is 190 Å². The van der Waals surface area contributed by atoms with Crippen molar-refractivity contribution >= 4 is 35.0 Å². The van der Waals surface area contributed by atoms with Gasteiger partial charge in [0.25, 0.3) is 0 Å². The number of aromatic nitrogens is 3. The Kier molecular flexibility index (Phi) is 7.93. The van der Waals surface area contributed by atoms with Crippen LogP contribution in [0.15, 0.2) is 53.9 Å². The summed E-state index contributed by atoms with van der Waals surface area (Å²) >= 11 is 7.52. The molecule has 0 aliphatic heterocycles. The van der Waals surface area contributed by atoms with Gasteiger partial charge in [0.15, 0.2) is 5.16 Å². The molecule has 2 aromatic carbocycles. The van der Waals surface area contributed by atoms with E-state index in [2.05, 4.69) is 16.3 Å². The summed E-state index contributed by atoms with van der Waals surface area (Å²) in [7, 11) is 0. The van der Waals surface area contributed by atoms with Crippen molar-refractivity contribution in [2.45, 2.75) is 25.4 Å². The van der Waals surface area contributed by atoms with E-state index in [0.717, 1.165) is 22.7 Å². The van der Waals surface area contributed by atoms with E-state index in [-0.39, 0.29) is 18.1 Å². The topological polar surface area (TPSA) is 84.0 Å². The fourth-order valence-electron chi connectivity index (χ4n) is 2.88. The van der Waals surface area contributed by atoms with Gasteiger partial charge in [0.2, 0.25) is 5.91 Å². The number of amides is 1. The van der Waals surface area contributed by atoms with E-state index < -0.39 is 0 Å². The molecule has 3 aromatic rings. The van der Waals surface area contributed by atoms with E-state index in [0.29, 0.717) is 23.3 Å². The fraction of sp³-hybridized carbons (Fsp3) is 0.273. The van der Waals surface area contributed by atoms with Gasteiger partial charge < -0.3 is 9.64 Å². The van der Waals surface area contributed by atoms with E-state index in [9.17, 15) is 4.79 Å². The van der Waals surface area contributed by atoms with Gasteiger partial charge in [-0.3, -0.25) is 9.36 Å². The SMILES string of the molecule is CCOc1ccc(N(CCC#N)C(=O)CSc2nncn2-c2ccc(C)c(Cl)c2)cc1. The van der Waals surface area contributed by atoms with E-state index >= 15 is 0 Å². The molecule has 9 heteroatoms. The number of nitrogens with zero attached hydrogens (tertiary/aromatic N) is 5. The summed E-state index contributed by atoms with van der Waals surface area (Å²) in [5, 5.41) is 18.3. The molecule has 0 atom stereocenters. The fourth-order valence-corrected chi connectivity index (χ4v) is 3.86. The summed E-state index contributed by atoms with van der Waals surface area (Å²) in [5.74, 6) is 0.760. The van der Waals surface area contributed by atoms with Crippen LogP contribution in [-0.4, -0.2) is 39.6 Å². The minimum absolute atomic E-state index is 0.124. The third-order valence-corrected chi connectivity index (χ3v) is 5.82. The highest BCUT2D eigenvalue weighted by molar-refractivity contribution is 7.99. The molecule has 7 nitrogen and oxygen atoms in total. The first-order chi connectivity index (χ1) is 15.0. The number of thioether (sulfide) groups is 1. The molecule has 0 fully saturated rings. The zero-order valence-corrected chi connectivity index (χ0v) is 18.9. The second-order valence-electron chi connectivity index (χ2n) is 6.59. The Hall–Kier alpha value is -3.02. The van der Waals surface area contributed by atoms with Crippen molar-refractivity contribution in [2.75, 3.05) is 23.8 Å². The van der Waals surface area contributed by atoms with E-state index in [4.69, 9.17) is 21.6 Å². The summed E-state index contributed by atoms with van der Waals surface area (Å²) in [4.78, 5) is 14.6. The first-order valence-electron chi connectivity index (χ1n) is 9.73. The van der Waals surface area contributed by atoms with E-state index in [1.807, 2.05) is 56.3 Å². The summed E-state index contributed by atoms with van der Waals surface area (Å²) in [6.07, 6.45) is 1.83. The van der Waals surface area contributed by atoms with Gasteiger partial charge >= 0.3 is 0 Å². The number of rotatable bonds is 9. The predicted octanol–water partition coefficient (Wildman–Crippen LogP) is 4.67. The zero-order chi connectivity index (χ0) is 22.2. The van der Waals surface area contributed by atoms with E-state index in [1.165, 1.54) is 11.8 Å². The van der Waals surface area contributed by atoms with Gasteiger partial charge in [-0.1, -0.05) is 29.4 Å². The van der Waals surface area contributed by atoms with Gasteiger partial charge in [-0.2, -0.15) is 5.26 Å². The zero-order valence-electron chi connectivity index (χ0n) is 17.3. The smallest absolute Gasteiger partial charge is 0.237 e.